The molecule has 0 saturated heterocycles. The first-order chi connectivity index (χ1) is 7.59. The van der Waals surface area contributed by atoms with Crippen LogP contribution in [0.25, 0.3) is 0 Å². The highest BCUT2D eigenvalue weighted by Crippen LogP contribution is 2.11. The molecule has 0 spiro atoms. The average molecular weight is 222 g/mol. The molecule has 0 aromatic carbocycles. The van der Waals surface area contributed by atoms with E-state index in [2.05, 4.69) is 24.9 Å². The molecule has 1 heterocycles. The first-order valence-electron chi connectivity index (χ1n) is 5.88. The second-order valence-corrected chi connectivity index (χ2v) is 4.60. The predicted octanol–water partition coefficient (Wildman–Crippen LogP) is 2.58. The molecule has 1 aromatic rings. The van der Waals surface area contributed by atoms with Gasteiger partial charge in [0.15, 0.2) is 0 Å². The number of aryl methyl sites for hydroxylation is 1. The fourth-order valence-corrected chi connectivity index (χ4v) is 1.44. The van der Waals surface area contributed by atoms with Crippen LogP contribution in [-0.4, -0.2) is 18.2 Å². The van der Waals surface area contributed by atoms with E-state index in [0.29, 0.717) is 11.7 Å². The third-order valence-electron chi connectivity index (χ3n) is 2.49. The third-order valence-corrected chi connectivity index (χ3v) is 2.49. The van der Waals surface area contributed by atoms with Crippen molar-refractivity contribution in [3.05, 3.63) is 23.4 Å². The number of hydrogen-bond acceptors (Lipinski definition) is 3. The van der Waals surface area contributed by atoms with Gasteiger partial charge in [0, 0.05) is 12.8 Å². The lowest BCUT2D eigenvalue weighted by molar-refractivity contribution is 0.126. The van der Waals surface area contributed by atoms with Crippen LogP contribution in [0.4, 0.5) is 5.82 Å². The normalized spacial score (nSPS) is 11.0. The third kappa shape index (κ3) is 4.62. The summed E-state index contributed by atoms with van der Waals surface area (Å²) in [6.45, 7) is 7.98. The fourth-order valence-electron chi connectivity index (χ4n) is 1.44. The van der Waals surface area contributed by atoms with Crippen LogP contribution in [0, 0.1) is 12.8 Å². The van der Waals surface area contributed by atoms with E-state index in [9.17, 15) is 0 Å². The summed E-state index contributed by atoms with van der Waals surface area (Å²) in [5, 5.41) is 0. The minimum atomic E-state index is 0.623. The number of ether oxygens (including phenoxy) is 1. The summed E-state index contributed by atoms with van der Waals surface area (Å²) in [4.78, 5) is 4.13. The molecule has 0 aliphatic rings. The highest BCUT2D eigenvalue weighted by Gasteiger charge is 2.01. The number of aromatic nitrogens is 1. The lowest BCUT2D eigenvalue weighted by Gasteiger charge is -2.08. The van der Waals surface area contributed by atoms with Crippen LogP contribution in [0.5, 0.6) is 0 Å². The Morgan fingerprint density at radius 2 is 2.12 bits per heavy atom. The molecule has 0 atom stereocenters. The van der Waals surface area contributed by atoms with Crippen molar-refractivity contribution in [2.75, 3.05) is 18.9 Å². The molecule has 0 saturated carbocycles. The zero-order valence-corrected chi connectivity index (χ0v) is 10.5. The van der Waals surface area contributed by atoms with E-state index in [0.717, 1.165) is 37.2 Å². The van der Waals surface area contributed by atoms with Gasteiger partial charge in [-0.2, -0.15) is 0 Å². The van der Waals surface area contributed by atoms with E-state index in [1.807, 2.05) is 6.92 Å². The second kappa shape index (κ2) is 6.48. The van der Waals surface area contributed by atoms with Gasteiger partial charge in [-0.15, -0.1) is 0 Å². The molecule has 0 fully saturated rings. The summed E-state index contributed by atoms with van der Waals surface area (Å²) in [7, 11) is 0. The molecular formula is C13H22N2O. The number of pyridine rings is 1. The summed E-state index contributed by atoms with van der Waals surface area (Å²) in [5.74, 6) is 1.32. The van der Waals surface area contributed by atoms with Crippen LogP contribution in [-0.2, 0) is 11.2 Å². The summed E-state index contributed by atoms with van der Waals surface area (Å²) < 4.78 is 5.56. The molecular weight excluding hydrogens is 200 g/mol. The van der Waals surface area contributed by atoms with Crippen molar-refractivity contribution in [1.29, 1.82) is 0 Å². The SMILES string of the molecule is Cc1cnc(N)c(CCOCCC(C)C)c1. The van der Waals surface area contributed by atoms with Gasteiger partial charge in [0.25, 0.3) is 0 Å². The summed E-state index contributed by atoms with van der Waals surface area (Å²) >= 11 is 0. The molecule has 0 aliphatic heterocycles. The van der Waals surface area contributed by atoms with E-state index in [-0.39, 0.29) is 0 Å². The van der Waals surface area contributed by atoms with Gasteiger partial charge in [-0.05, 0) is 36.8 Å². The zero-order valence-electron chi connectivity index (χ0n) is 10.5. The number of nitrogens with zero attached hydrogens (tertiary/aromatic N) is 1. The van der Waals surface area contributed by atoms with Crippen LogP contribution >= 0.6 is 0 Å². The highest BCUT2D eigenvalue weighted by molar-refractivity contribution is 5.40. The van der Waals surface area contributed by atoms with E-state index in [1.54, 1.807) is 6.20 Å². The van der Waals surface area contributed by atoms with Crippen molar-refractivity contribution in [3.63, 3.8) is 0 Å². The lowest BCUT2D eigenvalue weighted by Crippen LogP contribution is -2.05. The smallest absolute Gasteiger partial charge is 0.126 e. The minimum absolute atomic E-state index is 0.623. The predicted molar refractivity (Wildman–Crippen MR) is 67.4 cm³/mol. The Hall–Kier alpha value is -1.09. The van der Waals surface area contributed by atoms with Gasteiger partial charge < -0.3 is 10.5 Å². The second-order valence-electron chi connectivity index (χ2n) is 4.60. The van der Waals surface area contributed by atoms with E-state index < -0.39 is 0 Å². The lowest BCUT2D eigenvalue weighted by atomic mass is 10.1. The fraction of sp³-hybridized carbons (Fsp3) is 0.615. The topological polar surface area (TPSA) is 48.1 Å². The maximum Gasteiger partial charge on any atom is 0.126 e. The van der Waals surface area contributed by atoms with Gasteiger partial charge >= 0.3 is 0 Å². The van der Waals surface area contributed by atoms with Crippen LogP contribution in [0.3, 0.4) is 0 Å². The van der Waals surface area contributed by atoms with Crippen molar-refractivity contribution in [3.8, 4) is 0 Å². The average Bonchev–Trinajstić information content (AvgIpc) is 2.22. The minimum Gasteiger partial charge on any atom is -0.383 e. The number of hydrogen-bond donors (Lipinski definition) is 1. The van der Waals surface area contributed by atoms with Gasteiger partial charge in [0.05, 0.1) is 6.61 Å². The standard InChI is InChI=1S/C13H22N2O/c1-10(2)4-6-16-7-5-12-8-11(3)9-15-13(12)14/h8-10H,4-7H2,1-3H3,(H2,14,15). The summed E-state index contributed by atoms with van der Waals surface area (Å²) in [5.41, 5.74) is 8.02. The number of nitrogen functional groups attached to an aromatic ring is 1. The molecule has 90 valence electrons. The molecule has 3 heteroatoms. The van der Waals surface area contributed by atoms with Crippen molar-refractivity contribution in [2.45, 2.75) is 33.6 Å². The Labute approximate surface area is 98.0 Å². The van der Waals surface area contributed by atoms with Crippen LogP contribution in [0.1, 0.15) is 31.4 Å². The van der Waals surface area contributed by atoms with Gasteiger partial charge in [-0.25, -0.2) is 4.98 Å². The molecule has 16 heavy (non-hydrogen) atoms. The first-order valence-corrected chi connectivity index (χ1v) is 5.88. The van der Waals surface area contributed by atoms with Gasteiger partial charge in [-0.1, -0.05) is 19.9 Å². The largest absolute Gasteiger partial charge is 0.383 e. The Kier molecular flexibility index (Phi) is 5.26. The van der Waals surface area contributed by atoms with Gasteiger partial charge in [0.1, 0.15) is 5.82 Å². The van der Waals surface area contributed by atoms with E-state index in [1.165, 1.54) is 0 Å². The molecule has 1 rings (SSSR count). The quantitative estimate of drug-likeness (QED) is 0.752. The van der Waals surface area contributed by atoms with Gasteiger partial charge in [-0.3, -0.25) is 0 Å². The Morgan fingerprint density at radius 1 is 1.38 bits per heavy atom. The highest BCUT2D eigenvalue weighted by atomic mass is 16.5. The van der Waals surface area contributed by atoms with Gasteiger partial charge in [0.2, 0.25) is 0 Å². The van der Waals surface area contributed by atoms with E-state index >= 15 is 0 Å². The zero-order chi connectivity index (χ0) is 12.0. The number of nitrogens with two attached hydrogens (primary N) is 1. The van der Waals surface area contributed by atoms with Crippen LogP contribution in [0.15, 0.2) is 12.3 Å². The monoisotopic (exact) mass is 222 g/mol. The maximum absolute atomic E-state index is 5.79. The Bertz CT molecular complexity index is 324. The van der Waals surface area contributed by atoms with Crippen LogP contribution in [0.2, 0.25) is 0 Å². The molecule has 0 radical (unpaired) electrons. The van der Waals surface area contributed by atoms with Crippen molar-refractivity contribution < 1.29 is 4.74 Å². The Morgan fingerprint density at radius 3 is 2.81 bits per heavy atom. The molecule has 0 unspecified atom stereocenters. The maximum atomic E-state index is 5.79. The molecule has 0 amide bonds. The van der Waals surface area contributed by atoms with E-state index in [4.69, 9.17) is 10.5 Å². The summed E-state index contributed by atoms with van der Waals surface area (Å²) in [6, 6.07) is 2.08. The van der Waals surface area contributed by atoms with Crippen molar-refractivity contribution in [1.82, 2.24) is 4.98 Å². The van der Waals surface area contributed by atoms with Crippen LogP contribution < -0.4 is 5.73 Å². The van der Waals surface area contributed by atoms with Crippen molar-refractivity contribution in [2.24, 2.45) is 5.92 Å². The summed E-state index contributed by atoms with van der Waals surface area (Å²) in [6.07, 6.45) is 3.75. The first kappa shape index (κ1) is 13.0. The number of rotatable bonds is 6. The number of anilines is 1. The molecule has 0 aliphatic carbocycles. The molecule has 3 nitrogen and oxygen atoms in total. The molecule has 0 bridgehead atoms. The molecule has 1 aromatic heterocycles. The Balaban J connectivity index is 2.29. The molecule has 2 N–H and O–H groups in total. The van der Waals surface area contributed by atoms with Crippen molar-refractivity contribution >= 4 is 5.82 Å².